The van der Waals surface area contributed by atoms with Crippen LogP contribution in [0, 0.1) is 5.82 Å². The van der Waals surface area contributed by atoms with Crippen molar-refractivity contribution in [3.8, 4) is 11.5 Å². The minimum Gasteiger partial charge on any atom is -0.508 e. The van der Waals surface area contributed by atoms with E-state index in [1.54, 1.807) is 48.5 Å². The Kier molecular flexibility index (Phi) is 9.93. The van der Waals surface area contributed by atoms with Gasteiger partial charge in [-0.2, -0.15) is 0 Å². The van der Waals surface area contributed by atoms with Gasteiger partial charge in [-0.25, -0.2) is 22.8 Å². The third-order valence-electron chi connectivity index (χ3n) is 6.12. The quantitative estimate of drug-likeness (QED) is 0.131. The standard InChI is InChI=1S/C30H27FN6O5S.CH4/c1-42-24-14-22(13-23(38)16-24)34-29-30(36-27-11-3-2-10-26(27)35-29)37-43(40,41)25-9-5-8-21(15-25)33-28(39)18-32-17-19-6-4-7-20(31)12-19;/h2-16,32,38H,17-18H2,1H3,(H,33,39)(H,34,35)(H,36,37);1H4. The smallest absolute Gasteiger partial charge is 0.263 e. The second-order valence-corrected chi connectivity index (χ2v) is 11.1. The fourth-order valence-electron chi connectivity index (χ4n) is 4.17. The number of para-hydroxylation sites is 2. The lowest BCUT2D eigenvalue weighted by Crippen LogP contribution is -2.27. The van der Waals surface area contributed by atoms with E-state index in [0.29, 0.717) is 28.0 Å². The molecular weight excluding hydrogens is 587 g/mol. The predicted molar refractivity (Wildman–Crippen MR) is 168 cm³/mol. The fourth-order valence-corrected chi connectivity index (χ4v) is 5.22. The van der Waals surface area contributed by atoms with E-state index in [-0.39, 0.29) is 54.3 Å². The zero-order valence-corrected chi connectivity index (χ0v) is 23.7. The van der Waals surface area contributed by atoms with E-state index < -0.39 is 15.9 Å². The summed E-state index contributed by atoms with van der Waals surface area (Å²) in [7, 11) is -2.75. The van der Waals surface area contributed by atoms with Gasteiger partial charge in [0.2, 0.25) is 5.91 Å². The van der Waals surface area contributed by atoms with Crippen LogP contribution in [0.2, 0.25) is 0 Å². The summed E-state index contributed by atoms with van der Waals surface area (Å²) in [6, 6.07) is 23.2. The molecule has 13 heteroatoms. The van der Waals surface area contributed by atoms with Gasteiger partial charge in [0, 0.05) is 36.1 Å². The van der Waals surface area contributed by atoms with Crippen LogP contribution < -0.4 is 25.4 Å². The van der Waals surface area contributed by atoms with E-state index in [9.17, 15) is 22.7 Å². The molecule has 1 aromatic heterocycles. The molecule has 5 N–H and O–H groups in total. The van der Waals surface area contributed by atoms with Gasteiger partial charge in [-0.05, 0) is 48.0 Å². The second kappa shape index (κ2) is 13.8. The largest absolute Gasteiger partial charge is 0.508 e. The predicted octanol–water partition coefficient (Wildman–Crippen LogP) is 5.39. The number of fused-ring (bicyclic) bond motifs is 1. The number of phenols is 1. The van der Waals surface area contributed by atoms with Crippen LogP contribution in [0.4, 0.5) is 27.4 Å². The number of methoxy groups -OCH3 is 1. The molecular formula is C31H31FN6O5S. The molecule has 0 aliphatic rings. The first kappa shape index (κ1) is 31.7. The van der Waals surface area contributed by atoms with Crippen molar-refractivity contribution >= 4 is 50.0 Å². The molecule has 44 heavy (non-hydrogen) atoms. The first-order valence-corrected chi connectivity index (χ1v) is 14.5. The number of hydrogen-bond acceptors (Lipinski definition) is 9. The number of rotatable bonds is 11. The number of halogens is 1. The molecule has 4 aromatic carbocycles. The molecule has 1 heterocycles. The second-order valence-electron chi connectivity index (χ2n) is 9.37. The van der Waals surface area contributed by atoms with Crippen LogP contribution >= 0.6 is 0 Å². The van der Waals surface area contributed by atoms with E-state index in [4.69, 9.17) is 4.74 Å². The van der Waals surface area contributed by atoms with Crippen molar-refractivity contribution in [1.29, 1.82) is 0 Å². The van der Waals surface area contributed by atoms with E-state index in [0.717, 1.165) is 0 Å². The average Bonchev–Trinajstić information content (AvgIpc) is 2.97. The third kappa shape index (κ3) is 7.96. The highest BCUT2D eigenvalue weighted by atomic mass is 32.2. The summed E-state index contributed by atoms with van der Waals surface area (Å²) in [4.78, 5) is 21.4. The number of carbonyl (C=O) groups is 1. The minimum absolute atomic E-state index is 0. The first-order valence-electron chi connectivity index (χ1n) is 13.0. The number of hydrogen-bond donors (Lipinski definition) is 5. The highest BCUT2D eigenvalue weighted by Gasteiger charge is 2.20. The van der Waals surface area contributed by atoms with Gasteiger partial charge in [-0.1, -0.05) is 37.8 Å². The van der Waals surface area contributed by atoms with Gasteiger partial charge >= 0.3 is 0 Å². The van der Waals surface area contributed by atoms with E-state index in [1.807, 2.05) is 0 Å². The van der Waals surface area contributed by atoms with Crippen molar-refractivity contribution in [1.82, 2.24) is 15.3 Å². The Hall–Kier alpha value is -5.27. The molecule has 0 saturated carbocycles. The van der Waals surface area contributed by atoms with E-state index >= 15 is 0 Å². The van der Waals surface area contributed by atoms with Crippen LogP contribution in [0.5, 0.6) is 11.5 Å². The monoisotopic (exact) mass is 618 g/mol. The van der Waals surface area contributed by atoms with Crippen molar-refractivity contribution in [2.24, 2.45) is 0 Å². The number of benzene rings is 4. The maximum Gasteiger partial charge on any atom is 0.263 e. The lowest BCUT2D eigenvalue weighted by atomic mass is 10.2. The van der Waals surface area contributed by atoms with Crippen molar-refractivity contribution in [2.45, 2.75) is 18.9 Å². The fraction of sp³-hybridized carbons (Fsp3) is 0.129. The number of aromatic nitrogens is 2. The van der Waals surface area contributed by atoms with Gasteiger partial charge in [-0.15, -0.1) is 0 Å². The van der Waals surface area contributed by atoms with Crippen molar-refractivity contribution in [3.05, 3.63) is 102 Å². The highest BCUT2D eigenvalue weighted by Crippen LogP contribution is 2.31. The summed E-state index contributed by atoms with van der Waals surface area (Å²) in [5.74, 6) is -0.470. The van der Waals surface area contributed by atoms with Gasteiger partial charge in [0.25, 0.3) is 10.0 Å². The van der Waals surface area contributed by atoms with Crippen molar-refractivity contribution in [2.75, 3.05) is 29.0 Å². The molecule has 11 nitrogen and oxygen atoms in total. The lowest BCUT2D eigenvalue weighted by Gasteiger charge is -2.15. The van der Waals surface area contributed by atoms with Crippen LogP contribution in [0.3, 0.4) is 0 Å². The lowest BCUT2D eigenvalue weighted by molar-refractivity contribution is -0.115. The number of sulfonamides is 1. The molecule has 1 amide bonds. The maximum absolute atomic E-state index is 13.5. The van der Waals surface area contributed by atoms with Crippen LogP contribution in [-0.2, 0) is 21.4 Å². The average molecular weight is 619 g/mol. The van der Waals surface area contributed by atoms with Gasteiger partial charge in [0.1, 0.15) is 17.3 Å². The number of anilines is 4. The number of nitrogens with zero attached hydrogens (tertiary/aromatic N) is 2. The Labute approximate surface area is 254 Å². The third-order valence-corrected chi connectivity index (χ3v) is 7.46. The molecule has 0 aliphatic carbocycles. The number of nitrogens with one attached hydrogen (secondary N) is 4. The first-order chi connectivity index (χ1) is 20.7. The summed E-state index contributed by atoms with van der Waals surface area (Å²) < 4.78 is 48.0. The van der Waals surface area contributed by atoms with Crippen LogP contribution in [0.25, 0.3) is 11.0 Å². The SMILES string of the molecule is C.COc1cc(O)cc(Nc2nc3ccccc3nc2NS(=O)(=O)c2cccc(NC(=O)CNCc3cccc(F)c3)c2)c1. The molecule has 0 aliphatic heterocycles. The van der Waals surface area contributed by atoms with Crippen LogP contribution in [0.15, 0.2) is 95.9 Å². The van der Waals surface area contributed by atoms with E-state index in [1.165, 1.54) is 49.6 Å². The number of carbonyl (C=O) groups excluding carboxylic acids is 1. The Morgan fingerprint density at radius 3 is 2.34 bits per heavy atom. The molecule has 5 rings (SSSR count). The van der Waals surface area contributed by atoms with Gasteiger partial charge in [0.05, 0.1) is 29.6 Å². The molecule has 0 bridgehead atoms. The molecule has 0 unspecified atom stereocenters. The maximum atomic E-state index is 13.5. The summed E-state index contributed by atoms with van der Waals surface area (Å²) >= 11 is 0. The Morgan fingerprint density at radius 2 is 1.61 bits per heavy atom. The minimum atomic E-state index is -4.20. The highest BCUT2D eigenvalue weighted by molar-refractivity contribution is 7.92. The Balaban J connectivity index is 0.00000442. The van der Waals surface area contributed by atoms with Gasteiger partial charge < -0.3 is 25.8 Å². The molecule has 0 fully saturated rings. The van der Waals surface area contributed by atoms with Crippen molar-refractivity contribution < 1.29 is 27.4 Å². The zero-order valence-electron chi connectivity index (χ0n) is 22.8. The summed E-state index contributed by atoms with van der Waals surface area (Å²) in [5.41, 5.74) is 2.29. The Morgan fingerprint density at radius 1 is 0.886 bits per heavy atom. The number of phenolic OH excluding ortho intramolecular Hbond substituents is 1. The zero-order chi connectivity index (χ0) is 30.4. The summed E-state index contributed by atoms with van der Waals surface area (Å²) in [6.07, 6.45) is 0. The topological polar surface area (TPSA) is 155 Å². The number of amides is 1. The normalized spacial score (nSPS) is 11.0. The van der Waals surface area contributed by atoms with E-state index in [2.05, 4.69) is 30.6 Å². The molecule has 228 valence electrons. The summed E-state index contributed by atoms with van der Waals surface area (Å²) in [6.45, 7) is 0.204. The van der Waals surface area contributed by atoms with Gasteiger partial charge in [-0.3, -0.25) is 9.52 Å². The molecule has 0 radical (unpaired) electrons. The molecule has 0 spiro atoms. The van der Waals surface area contributed by atoms with Crippen LogP contribution in [0.1, 0.15) is 13.0 Å². The van der Waals surface area contributed by atoms with Crippen molar-refractivity contribution in [3.63, 3.8) is 0 Å². The molecule has 0 saturated heterocycles. The Bertz CT molecular complexity index is 1900. The molecule has 0 atom stereocenters. The molecule has 5 aromatic rings. The van der Waals surface area contributed by atoms with Crippen LogP contribution in [-0.4, -0.2) is 43.1 Å². The number of aromatic hydroxyl groups is 1. The summed E-state index contributed by atoms with van der Waals surface area (Å²) in [5, 5.41) is 18.6. The number of ether oxygens (including phenoxy) is 1. The van der Waals surface area contributed by atoms with Gasteiger partial charge in [0.15, 0.2) is 11.6 Å².